The van der Waals surface area contributed by atoms with Crippen LogP contribution in [-0.4, -0.2) is 46.1 Å². The number of hydrogen-bond acceptors (Lipinski definition) is 6. The first-order chi connectivity index (χ1) is 17.0. The fourth-order valence-electron chi connectivity index (χ4n) is 7.88. The quantitative estimate of drug-likeness (QED) is 0.621. The number of esters is 1. The predicted octanol–water partition coefficient (Wildman–Crippen LogP) is 3.58. The molecule has 4 aliphatic rings. The maximum absolute atomic E-state index is 13.5. The van der Waals surface area contributed by atoms with E-state index in [1.165, 1.54) is 12.1 Å². The van der Waals surface area contributed by atoms with Crippen molar-refractivity contribution in [3.8, 4) is 0 Å². The van der Waals surface area contributed by atoms with E-state index < -0.39 is 52.6 Å². The molecule has 36 heavy (non-hydrogen) atoms. The van der Waals surface area contributed by atoms with Gasteiger partial charge in [0.05, 0.1) is 11.7 Å². The first-order valence-electron chi connectivity index (χ1n) is 12.4. The molecule has 0 saturated heterocycles. The third kappa shape index (κ3) is 3.25. The number of Topliss-reactive ketones (excluding diaryl/α,β-unsaturated/α-hetero) is 1. The zero-order valence-electron chi connectivity index (χ0n) is 20.6. The van der Waals surface area contributed by atoms with E-state index in [0.29, 0.717) is 6.42 Å². The fourth-order valence-corrected chi connectivity index (χ4v) is 7.88. The highest BCUT2D eigenvalue weighted by molar-refractivity contribution is 6.01. The van der Waals surface area contributed by atoms with Crippen molar-refractivity contribution in [3.63, 3.8) is 0 Å². The lowest BCUT2D eigenvalue weighted by molar-refractivity contribution is -0.179. The number of carbonyl (C=O) groups excluding carboxylic acids is 3. The molecule has 6 nitrogen and oxygen atoms in total. The second-order valence-corrected chi connectivity index (χ2v) is 11.2. The standard InChI is InChI=1S/C29H31FO6/c1-16-12-22-21-9-6-18-13-20(32)10-11-27(18,2)25(21)23(33)14-28(22,3)29(16,24(34)15-31)36-26(35)17-4-7-19(30)8-5-17/h4-11,13,16,21-23,25,31,33H,12,14-15H2,1-3H3/t16?,21-,22-,23?,25+,27-,28-,29-/m0/s1. The summed E-state index contributed by atoms with van der Waals surface area (Å²) in [6.45, 7) is 4.93. The van der Waals surface area contributed by atoms with E-state index in [2.05, 4.69) is 0 Å². The summed E-state index contributed by atoms with van der Waals surface area (Å²) in [6.07, 6.45) is 8.85. The minimum absolute atomic E-state index is 0.0875. The Morgan fingerprint density at radius 3 is 2.53 bits per heavy atom. The van der Waals surface area contributed by atoms with Crippen molar-refractivity contribution in [2.45, 2.75) is 45.3 Å². The molecule has 2 N–H and O–H groups in total. The Bertz CT molecular complexity index is 1210. The summed E-state index contributed by atoms with van der Waals surface area (Å²) in [6, 6.07) is 4.90. The number of aliphatic hydroxyl groups is 2. The van der Waals surface area contributed by atoms with E-state index in [4.69, 9.17) is 4.74 Å². The second kappa shape index (κ2) is 8.32. The number of aliphatic hydroxyl groups excluding tert-OH is 2. The summed E-state index contributed by atoms with van der Waals surface area (Å²) in [5, 5.41) is 21.6. The molecule has 2 fully saturated rings. The van der Waals surface area contributed by atoms with Gasteiger partial charge in [-0.2, -0.15) is 0 Å². The van der Waals surface area contributed by atoms with Crippen LogP contribution in [0.25, 0.3) is 0 Å². The number of benzene rings is 1. The lowest BCUT2D eigenvalue weighted by atomic mass is 9.47. The topological polar surface area (TPSA) is 101 Å². The van der Waals surface area contributed by atoms with Gasteiger partial charge in [-0.3, -0.25) is 9.59 Å². The van der Waals surface area contributed by atoms with Gasteiger partial charge >= 0.3 is 5.97 Å². The number of carbonyl (C=O) groups is 3. The van der Waals surface area contributed by atoms with E-state index in [-0.39, 0.29) is 35.5 Å². The summed E-state index contributed by atoms with van der Waals surface area (Å²) in [5.74, 6) is -2.88. The third-order valence-electron chi connectivity index (χ3n) is 9.49. The second-order valence-electron chi connectivity index (χ2n) is 11.2. The summed E-state index contributed by atoms with van der Waals surface area (Å²) < 4.78 is 19.5. The van der Waals surface area contributed by atoms with Crippen molar-refractivity contribution in [3.05, 3.63) is 71.6 Å². The number of ketones is 2. The van der Waals surface area contributed by atoms with Crippen LogP contribution in [0.4, 0.5) is 4.39 Å². The van der Waals surface area contributed by atoms with Crippen LogP contribution < -0.4 is 0 Å². The first kappa shape index (κ1) is 24.8. The van der Waals surface area contributed by atoms with Crippen molar-refractivity contribution in [2.75, 3.05) is 6.61 Å². The molecule has 8 atom stereocenters. The zero-order chi connectivity index (χ0) is 26.0. The Morgan fingerprint density at radius 2 is 1.86 bits per heavy atom. The molecular formula is C29H31FO6. The molecule has 0 heterocycles. The van der Waals surface area contributed by atoms with Crippen LogP contribution >= 0.6 is 0 Å². The average Bonchev–Trinajstić information content (AvgIpc) is 3.06. The highest BCUT2D eigenvalue weighted by Gasteiger charge is 2.72. The van der Waals surface area contributed by atoms with Gasteiger partial charge in [-0.05, 0) is 66.7 Å². The molecule has 2 saturated carbocycles. The van der Waals surface area contributed by atoms with Gasteiger partial charge < -0.3 is 14.9 Å². The van der Waals surface area contributed by atoms with Gasteiger partial charge in [-0.1, -0.05) is 39.0 Å². The molecule has 4 aliphatic carbocycles. The van der Waals surface area contributed by atoms with Crippen molar-refractivity contribution >= 4 is 17.5 Å². The molecule has 1 aromatic carbocycles. The maximum atomic E-state index is 13.5. The van der Waals surface area contributed by atoms with E-state index in [0.717, 1.165) is 17.7 Å². The molecule has 190 valence electrons. The summed E-state index contributed by atoms with van der Waals surface area (Å²) in [7, 11) is 0. The van der Waals surface area contributed by atoms with Crippen molar-refractivity contribution < 1.29 is 33.7 Å². The van der Waals surface area contributed by atoms with Crippen LogP contribution in [0.2, 0.25) is 0 Å². The normalized spacial score (nSPS) is 40.7. The summed E-state index contributed by atoms with van der Waals surface area (Å²) >= 11 is 0. The molecule has 0 aliphatic heterocycles. The molecule has 0 amide bonds. The molecule has 2 unspecified atom stereocenters. The van der Waals surface area contributed by atoms with E-state index >= 15 is 0 Å². The molecule has 1 aromatic rings. The fraction of sp³-hybridized carbons (Fsp3) is 0.483. The van der Waals surface area contributed by atoms with E-state index in [9.17, 15) is 29.0 Å². The SMILES string of the molecule is CC1C[C@H]2[C@@H]3C=CC4=CC(=O)C=C[C@]4(C)[C@H]3C(O)C[C@]2(C)[C@@]1(OC(=O)c1ccc(F)cc1)C(=O)CO. The Morgan fingerprint density at radius 1 is 1.17 bits per heavy atom. The Hall–Kier alpha value is -2.90. The number of rotatable bonds is 4. The largest absolute Gasteiger partial charge is 0.446 e. The third-order valence-corrected chi connectivity index (χ3v) is 9.49. The van der Waals surface area contributed by atoms with Gasteiger partial charge in [0.25, 0.3) is 0 Å². The lowest BCUT2D eigenvalue weighted by Gasteiger charge is -2.58. The number of hydrogen-bond donors (Lipinski definition) is 2. The maximum Gasteiger partial charge on any atom is 0.339 e. The van der Waals surface area contributed by atoms with Crippen LogP contribution in [-0.2, 0) is 14.3 Å². The molecule has 7 heteroatoms. The number of fused-ring (bicyclic) bond motifs is 5. The highest BCUT2D eigenvalue weighted by atomic mass is 19.1. The molecule has 5 rings (SSSR count). The smallest absolute Gasteiger partial charge is 0.339 e. The minimum Gasteiger partial charge on any atom is -0.446 e. The number of halogens is 1. The van der Waals surface area contributed by atoms with Crippen LogP contribution in [0.1, 0.15) is 44.0 Å². The molecular weight excluding hydrogens is 463 g/mol. The van der Waals surface area contributed by atoms with Gasteiger partial charge in [-0.25, -0.2) is 9.18 Å². The molecule has 0 bridgehead atoms. The predicted molar refractivity (Wildman–Crippen MR) is 129 cm³/mol. The lowest BCUT2D eigenvalue weighted by Crippen LogP contribution is -2.63. The van der Waals surface area contributed by atoms with Crippen LogP contribution in [0.15, 0.2) is 60.2 Å². The van der Waals surface area contributed by atoms with Gasteiger partial charge in [-0.15, -0.1) is 0 Å². The van der Waals surface area contributed by atoms with Crippen LogP contribution in [0.5, 0.6) is 0 Å². The first-order valence-corrected chi connectivity index (χ1v) is 12.4. The molecule has 0 aromatic heterocycles. The van der Waals surface area contributed by atoms with E-state index in [1.54, 1.807) is 12.2 Å². The monoisotopic (exact) mass is 494 g/mol. The summed E-state index contributed by atoms with van der Waals surface area (Å²) in [4.78, 5) is 38.7. The molecule has 0 spiro atoms. The van der Waals surface area contributed by atoms with Crippen molar-refractivity contribution in [2.24, 2.45) is 34.5 Å². The zero-order valence-corrected chi connectivity index (χ0v) is 20.6. The number of allylic oxidation sites excluding steroid dienone is 6. The molecule has 0 radical (unpaired) electrons. The average molecular weight is 495 g/mol. The van der Waals surface area contributed by atoms with Gasteiger partial charge in [0.2, 0.25) is 5.78 Å². The Kier molecular flexibility index (Phi) is 5.72. The highest BCUT2D eigenvalue weighted by Crippen LogP contribution is 2.68. The minimum atomic E-state index is -1.66. The van der Waals surface area contributed by atoms with Gasteiger partial charge in [0.1, 0.15) is 12.4 Å². The van der Waals surface area contributed by atoms with Crippen molar-refractivity contribution in [1.29, 1.82) is 0 Å². The van der Waals surface area contributed by atoms with Crippen molar-refractivity contribution in [1.82, 2.24) is 0 Å². The van der Waals surface area contributed by atoms with Gasteiger partial charge in [0.15, 0.2) is 11.4 Å². The van der Waals surface area contributed by atoms with E-state index in [1.807, 2.05) is 39.0 Å². The van der Waals surface area contributed by atoms with Gasteiger partial charge in [0, 0.05) is 22.7 Å². The summed E-state index contributed by atoms with van der Waals surface area (Å²) in [5.41, 5.74) is -2.21. The number of ether oxygens (including phenoxy) is 1. The Labute approximate surface area is 209 Å². The van der Waals surface area contributed by atoms with Crippen LogP contribution in [0, 0.1) is 40.3 Å². The van der Waals surface area contributed by atoms with Crippen LogP contribution in [0.3, 0.4) is 0 Å². The Balaban J connectivity index is 1.59.